The van der Waals surface area contributed by atoms with E-state index in [0.717, 1.165) is 0 Å². The third kappa shape index (κ3) is 3.08. The van der Waals surface area contributed by atoms with E-state index in [2.05, 4.69) is 9.55 Å². The van der Waals surface area contributed by atoms with Crippen LogP contribution in [0.4, 0.5) is 0 Å². The molecule has 0 saturated heterocycles. The average molecular weight is 323 g/mol. The van der Waals surface area contributed by atoms with Crippen LogP contribution in [-0.2, 0) is 26.2 Å². The zero-order chi connectivity index (χ0) is 15.7. The first-order chi connectivity index (χ1) is 10.4. The van der Waals surface area contributed by atoms with Crippen LogP contribution >= 0.6 is 0 Å². The number of fused-ring (bicyclic) bond motifs is 1. The highest BCUT2D eigenvalue weighted by Crippen LogP contribution is 2.17. The third-order valence-corrected chi connectivity index (χ3v) is 4.25. The Balaban J connectivity index is 1.67. The maximum absolute atomic E-state index is 12.0. The monoisotopic (exact) mass is 323 g/mol. The number of aryl methyl sites for hydroxylation is 1. The van der Waals surface area contributed by atoms with Gasteiger partial charge in [-0.2, -0.15) is 0 Å². The van der Waals surface area contributed by atoms with Crippen LogP contribution in [0.25, 0.3) is 0 Å². The number of aromatic nitrogens is 1. The smallest absolute Gasteiger partial charge is 0.340 e. The summed E-state index contributed by atoms with van der Waals surface area (Å²) in [7, 11) is -3.40. The van der Waals surface area contributed by atoms with E-state index >= 15 is 0 Å². The standard InChI is InChI=1S/C13H13N3O5S/c1-9-6-11(14-21-9)8-20-13(17)10-2-3-12-15-22(18,19)5-4-16(12)7-10/h2-3,6-7H,4-5,8H2,1H3. The molecule has 0 amide bonds. The zero-order valence-electron chi connectivity index (χ0n) is 11.7. The lowest BCUT2D eigenvalue weighted by Gasteiger charge is -2.26. The van der Waals surface area contributed by atoms with Crippen molar-refractivity contribution in [2.75, 3.05) is 12.3 Å². The van der Waals surface area contributed by atoms with Crippen LogP contribution < -0.4 is 0 Å². The van der Waals surface area contributed by atoms with Gasteiger partial charge in [-0.05, 0) is 19.1 Å². The predicted molar refractivity (Wildman–Crippen MR) is 76.2 cm³/mol. The van der Waals surface area contributed by atoms with E-state index in [9.17, 15) is 13.2 Å². The van der Waals surface area contributed by atoms with Gasteiger partial charge in [-0.3, -0.25) is 0 Å². The second-order valence-electron chi connectivity index (χ2n) is 4.85. The summed E-state index contributed by atoms with van der Waals surface area (Å²) in [5, 5.41) is 3.73. The van der Waals surface area contributed by atoms with E-state index in [1.54, 1.807) is 17.9 Å². The lowest BCUT2D eigenvalue weighted by molar-refractivity contribution is -0.140. The van der Waals surface area contributed by atoms with Crippen LogP contribution in [-0.4, -0.2) is 42.6 Å². The fourth-order valence-electron chi connectivity index (χ4n) is 2.03. The number of amidine groups is 1. The molecule has 116 valence electrons. The molecule has 1 aromatic heterocycles. The van der Waals surface area contributed by atoms with E-state index in [0.29, 0.717) is 22.9 Å². The van der Waals surface area contributed by atoms with Crippen molar-refractivity contribution in [1.82, 2.24) is 10.1 Å². The Labute approximate surface area is 126 Å². The lowest BCUT2D eigenvalue weighted by atomic mass is 10.2. The van der Waals surface area contributed by atoms with E-state index in [-0.39, 0.29) is 18.9 Å². The van der Waals surface area contributed by atoms with Gasteiger partial charge in [0.25, 0.3) is 10.0 Å². The molecule has 2 aliphatic heterocycles. The van der Waals surface area contributed by atoms with Gasteiger partial charge in [0.15, 0.2) is 0 Å². The summed E-state index contributed by atoms with van der Waals surface area (Å²) in [4.78, 5) is 13.6. The van der Waals surface area contributed by atoms with E-state index in [1.165, 1.54) is 18.4 Å². The van der Waals surface area contributed by atoms with Crippen molar-refractivity contribution in [1.29, 1.82) is 0 Å². The summed E-state index contributed by atoms with van der Waals surface area (Å²) >= 11 is 0. The van der Waals surface area contributed by atoms with Gasteiger partial charge in [-0.15, -0.1) is 4.40 Å². The highest BCUT2D eigenvalue weighted by Gasteiger charge is 2.25. The maximum atomic E-state index is 12.0. The van der Waals surface area contributed by atoms with Crippen LogP contribution in [0, 0.1) is 6.92 Å². The number of esters is 1. The summed E-state index contributed by atoms with van der Waals surface area (Å²) in [6, 6.07) is 1.68. The first kappa shape index (κ1) is 14.5. The van der Waals surface area contributed by atoms with Gasteiger partial charge < -0.3 is 14.2 Å². The summed E-state index contributed by atoms with van der Waals surface area (Å²) < 4.78 is 36.5. The van der Waals surface area contributed by atoms with Gasteiger partial charge >= 0.3 is 5.97 Å². The number of sulfonamides is 1. The van der Waals surface area contributed by atoms with Gasteiger partial charge in [0, 0.05) is 18.8 Å². The molecule has 0 atom stereocenters. The molecule has 0 aromatic carbocycles. The van der Waals surface area contributed by atoms with Crippen molar-refractivity contribution in [3.63, 3.8) is 0 Å². The molecular formula is C13H13N3O5S. The summed E-state index contributed by atoms with van der Waals surface area (Å²) in [6.45, 7) is 2.01. The lowest BCUT2D eigenvalue weighted by Crippen LogP contribution is -2.37. The number of hydrogen-bond donors (Lipinski definition) is 0. The minimum atomic E-state index is -3.40. The Hall–Kier alpha value is -2.42. The van der Waals surface area contributed by atoms with Crippen molar-refractivity contribution in [3.8, 4) is 0 Å². The van der Waals surface area contributed by atoms with E-state index in [1.807, 2.05) is 0 Å². The Bertz CT molecular complexity index is 803. The molecule has 0 saturated carbocycles. The Morgan fingerprint density at radius 2 is 2.27 bits per heavy atom. The molecule has 3 rings (SSSR count). The number of rotatable bonds is 3. The number of nitrogens with zero attached hydrogens (tertiary/aromatic N) is 3. The zero-order valence-corrected chi connectivity index (χ0v) is 12.5. The largest absolute Gasteiger partial charge is 0.455 e. The normalized spacial score (nSPS) is 19.2. The summed E-state index contributed by atoms with van der Waals surface area (Å²) in [6.07, 6.45) is 4.49. The van der Waals surface area contributed by atoms with Gasteiger partial charge in [0.2, 0.25) is 0 Å². The predicted octanol–water partition coefficient (Wildman–Crippen LogP) is 0.524. The number of ether oxygens (including phenoxy) is 1. The summed E-state index contributed by atoms with van der Waals surface area (Å²) in [5.41, 5.74) is 0.844. The van der Waals surface area contributed by atoms with Crippen molar-refractivity contribution < 1.29 is 22.5 Å². The van der Waals surface area contributed by atoms with Gasteiger partial charge in [-0.25, -0.2) is 13.2 Å². The van der Waals surface area contributed by atoms with Crippen LogP contribution in [0.2, 0.25) is 0 Å². The SMILES string of the molecule is Cc1cc(COC(=O)C2=CN3CCS(=O)(=O)N=C3C=C2)no1. The van der Waals surface area contributed by atoms with Crippen LogP contribution in [0.1, 0.15) is 11.5 Å². The fourth-order valence-corrected chi connectivity index (χ4v) is 3.00. The second-order valence-corrected chi connectivity index (χ2v) is 6.61. The Morgan fingerprint density at radius 3 is 3.00 bits per heavy atom. The van der Waals surface area contributed by atoms with Crippen molar-refractivity contribution in [2.24, 2.45) is 4.40 Å². The van der Waals surface area contributed by atoms with Gasteiger partial charge in [0.1, 0.15) is 23.9 Å². The minimum Gasteiger partial charge on any atom is -0.455 e. The Kier molecular flexibility index (Phi) is 3.57. The fraction of sp³-hybridized carbons (Fsp3) is 0.308. The molecular weight excluding hydrogens is 310 g/mol. The molecule has 3 heterocycles. The average Bonchev–Trinajstić information content (AvgIpc) is 2.89. The highest BCUT2D eigenvalue weighted by molar-refractivity contribution is 7.90. The number of carbonyl (C=O) groups is 1. The second kappa shape index (κ2) is 5.41. The summed E-state index contributed by atoms with van der Waals surface area (Å²) in [5.74, 6) is 0.332. The molecule has 0 radical (unpaired) electrons. The van der Waals surface area contributed by atoms with Crippen molar-refractivity contribution in [3.05, 3.63) is 41.4 Å². The molecule has 22 heavy (non-hydrogen) atoms. The van der Waals surface area contributed by atoms with Gasteiger partial charge in [0.05, 0.1) is 11.3 Å². The van der Waals surface area contributed by atoms with Crippen LogP contribution in [0.15, 0.2) is 38.9 Å². The molecule has 9 heteroatoms. The molecule has 1 aromatic rings. The first-order valence-electron chi connectivity index (χ1n) is 6.51. The van der Waals surface area contributed by atoms with Crippen molar-refractivity contribution in [2.45, 2.75) is 13.5 Å². The maximum Gasteiger partial charge on any atom is 0.340 e. The van der Waals surface area contributed by atoms with Crippen molar-refractivity contribution >= 4 is 21.8 Å². The molecule has 2 aliphatic rings. The first-order valence-corrected chi connectivity index (χ1v) is 8.12. The van der Waals surface area contributed by atoms with E-state index < -0.39 is 16.0 Å². The highest BCUT2D eigenvalue weighted by atomic mass is 32.2. The number of hydrogen-bond acceptors (Lipinski definition) is 7. The quantitative estimate of drug-likeness (QED) is 0.747. The Morgan fingerprint density at radius 1 is 1.45 bits per heavy atom. The van der Waals surface area contributed by atoms with E-state index in [4.69, 9.17) is 9.26 Å². The molecule has 0 N–H and O–H groups in total. The third-order valence-electron chi connectivity index (χ3n) is 3.09. The topological polar surface area (TPSA) is 102 Å². The molecule has 0 bridgehead atoms. The van der Waals surface area contributed by atoms with Crippen LogP contribution in [0.5, 0.6) is 0 Å². The molecule has 0 aliphatic carbocycles. The molecule has 8 nitrogen and oxygen atoms in total. The van der Waals surface area contributed by atoms with Crippen LogP contribution in [0.3, 0.4) is 0 Å². The minimum absolute atomic E-state index is 0.0106. The molecule has 0 fully saturated rings. The molecule has 0 unspecified atom stereocenters. The number of carbonyl (C=O) groups excluding carboxylic acids is 1. The molecule has 0 spiro atoms. The van der Waals surface area contributed by atoms with Gasteiger partial charge in [-0.1, -0.05) is 5.16 Å².